The number of nitrogens with one attached hydrogen (secondary N) is 1. The van der Waals surface area contributed by atoms with Crippen molar-refractivity contribution in [1.82, 2.24) is 19.7 Å². The summed E-state index contributed by atoms with van der Waals surface area (Å²) in [5.41, 5.74) is 0.990. The third-order valence-electron chi connectivity index (χ3n) is 3.50. The monoisotopic (exact) mass is 356 g/mol. The Labute approximate surface area is 144 Å². The first-order valence-corrected chi connectivity index (χ1v) is 9.15. The van der Waals surface area contributed by atoms with Crippen molar-refractivity contribution in [2.24, 2.45) is 0 Å². The van der Waals surface area contributed by atoms with E-state index in [9.17, 15) is 13.2 Å². The first-order valence-electron chi connectivity index (χ1n) is 7.60. The number of nitrogens with zero attached hydrogens (tertiary/aromatic N) is 3. The maximum atomic E-state index is 12.3. The molecular weight excluding hydrogens is 340 g/mol. The molecule has 3 rings (SSSR count). The van der Waals surface area contributed by atoms with Gasteiger partial charge >= 0.3 is 0 Å². The maximum absolute atomic E-state index is 12.3. The molecule has 0 radical (unpaired) electrons. The number of sulfonamides is 1. The molecule has 25 heavy (non-hydrogen) atoms. The number of hydrogen-bond acceptors (Lipinski definition) is 5. The molecule has 0 unspecified atom stereocenters. The van der Waals surface area contributed by atoms with Crippen molar-refractivity contribution in [3.8, 4) is 0 Å². The fourth-order valence-corrected chi connectivity index (χ4v) is 3.05. The maximum Gasteiger partial charge on any atom is 0.277 e. The summed E-state index contributed by atoms with van der Waals surface area (Å²) in [4.78, 5) is 12.3. The molecule has 3 aromatic rings. The SMILES string of the molecule is O=c1c2ccccc2nnn1CCNS(=O)(=O)/C=C/c1ccccc1. The average molecular weight is 356 g/mol. The Balaban J connectivity index is 1.65. The van der Waals surface area contributed by atoms with E-state index in [0.29, 0.717) is 10.9 Å². The molecule has 0 spiro atoms. The molecule has 0 fully saturated rings. The highest BCUT2D eigenvalue weighted by Gasteiger charge is 2.07. The molecule has 2 aromatic carbocycles. The van der Waals surface area contributed by atoms with E-state index in [4.69, 9.17) is 0 Å². The fourth-order valence-electron chi connectivity index (χ4n) is 2.24. The third kappa shape index (κ3) is 4.37. The zero-order valence-electron chi connectivity index (χ0n) is 13.2. The lowest BCUT2D eigenvalue weighted by atomic mass is 10.2. The van der Waals surface area contributed by atoms with Crippen LogP contribution in [0.3, 0.4) is 0 Å². The van der Waals surface area contributed by atoms with Crippen molar-refractivity contribution in [3.05, 3.63) is 75.9 Å². The summed E-state index contributed by atoms with van der Waals surface area (Å²) in [5, 5.41) is 9.32. The van der Waals surface area contributed by atoms with Crippen LogP contribution in [0.1, 0.15) is 5.56 Å². The summed E-state index contributed by atoms with van der Waals surface area (Å²) in [6.07, 6.45) is 1.50. The van der Waals surface area contributed by atoms with Crippen LogP contribution >= 0.6 is 0 Å². The quantitative estimate of drug-likeness (QED) is 0.720. The Morgan fingerprint density at radius 3 is 2.56 bits per heavy atom. The van der Waals surface area contributed by atoms with Gasteiger partial charge in [0.25, 0.3) is 5.56 Å². The normalized spacial score (nSPS) is 12.0. The van der Waals surface area contributed by atoms with Crippen LogP contribution in [0.25, 0.3) is 17.0 Å². The van der Waals surface area contributed by atoms with Gasteiger partial charge in [-0.3, -0.25) is 4.79 Å². The lowest BCUT2D eigenvalue weighted by molar-refractivity contribution is 0.534. The number of rotatable bonds is 6. The Kier molecular flexibility index (Phi) is 5.01. The van der Waals surface area contributed by atoms with E-state index in [0.717, 1.165) is 15.7 Å². The second-order valence-electron chi connectivity index (χ2n) is 5.29. The smallest absolute Gasteiger partial charge is 0.267 e. The minimum absolute atomic E-state index is 0.0361. The standard InChI is InChI=1S/C17H16N4O3S/c22-17-15-8-4-5-9-16(15)19-20-21(17)12-11-18-25(23,24)13-10-14-6-2-1-3-7-14/h1-10,13,18H,11-12H2/b13-10+. The molecule has 0 saturated heterocycles. The summed E-state index contributed by atoms with van der Waals surface area (Å²) >= 11 is 0. The minimum atomic E-state index is -3.60. The van der Waals surface area contributed by atoms with Gasteiger partial charge in [-0.05, 0) is 23.8 Å². The molecule has 0 bridgehead atoms. The van der Waals surface area contributed by atoms with Gasteiger partial charge in [0, 0.05) is 12.0 Å². The number of hydrogen-bond donors (Lipinski definition) is 1. The second kappa shape index (κ2) is 7.37. The van der Waals surface area contributed by atoms with Crippen LogP contribution in [0, 0.1) is 0 Å². The van der Waals surface area contributed by atoms with E-state index >= 15 is 0 Å². The van der Waals surface area contributed by atoms with Gasteiger partial charge < -0.3 is 0 Å². The van der Waals surface area contributed by atoms with Crippen LogP contribution in [0.4, 0.5) is 0 Å². The fraction of sp³-hybridized carbons (Fsp3) is 0.118. The van der Waals surface area contributed by atoms with Crippen LogP contribution in [0.15, 0.2) is 64.8 Å². The summed E-state index contributed by atoms with van der Waals surface area (Å²) in [7, 11) is -3.60. The molecule has 128 valence electrons. The molecule has 1 heterocycles. The van der Waals surface area contributed by atoms with Gasteiger partial charge in [0.15, 0.2) is 0 Å². The van der Waals surface area contributed by atoms with Gasteiger partial charge in [0.2, 0.25) is 10.0 Å². The van der Waals surface area contributed by atoms with Crippen LogP contribution in [0.2, 0.25) is 0 Å². The van der Waals surface area contributed by atoms with Crippen molar-refractivity contribution in [2.45, 2.75) is 6.54 Å². The van der Waals surface area contributed by atoms with E-state index in [-0.39, 0.29) is 18.6 Å². The van der Waals surface area contributed by atoms with E-state index in [1.54, 1.807) is 36.4 Å². The lowest BCUT2D eigenvalue weighted by Gasteiger charge is -2.05. The van der Waals surface area contributed by atoms with Crippen molar-refractivity contribution in [2.75, 3.05) is 6.54 Å². The highest BCUT2D eigenvalue weighted by atomic mass is 32.2. The summed E-state index contributed by atoms with van der Waals surface area (Å²) < 4.78 is 27.5. The van der Waals surface area contributed by atoms with E-state index in [1.165, 1.54) is 6.08 Å². The summed E-state index contributed by atoms with van der Waals surface area (Å²) in [5.74, 6) is 0. The lowest BCUT2D eigenvalue weighted by Crippen LogP contribution is -2.31. The van der Waals surface area contributed by atoms with Gasteiger partial charge in [0.05, 0.1) is 11.9 Å². The van der Waals surface area contributed by atoms with Gasteiger partial charge in [-0.15, -0.1) is 5.10 Å². The third-order valence-corrected chi connectivity index (χ3v) is 4.60. The molecule has 8 heteroatoms. The summed E-state index contributed by atoms with van der Waals surface area (Å²) in [6.45, 7) is 0.128. The van der Waals surface area contributed by atoms with Crippen molar-refractivity contribution >= 4 is 27.0 Å². The highest BCUT2D eigenvalue weighted by Crippen LogP contribution is 2.04. The van der Waals surface area contributed by atoms with Crippen molar-refractivity contribution in [1.29, 1.82) is 0 Å². The summed E-state index contributed by atoms with van der Waals surface area (Å²) in [6, 6.07) is 16.0. The predicted octanol–water partition coefficient (Wildman–Crippen LogP) is 1.38. The van der Waals surface area contributed by atoms with E-state index in [1.807, 2.05) is 18.2 Å². The zero-order chi connectivity index (χ0) is 17.7. The van der Waals surface area contributed by atoms with Gasteiger partial charge in [-0.1, -0.05) is 47.7 Å². The highest BCUT2D eigenvalue weighted by molar-refractivity contribution is 7.92. The zero-order valence-corrected chi connectivity index (χ0v) is 14.1. The van der Waals surface area contributed by atoms with Crippen LogP contribution in [-0.2, 0) is 16.6 Å². The van der Waals surface area contributed by atoms with E-state index < -0.39 is 10.0 Å². The van der Waals surface area contributed by atoms with Gasteiger partial charge in [0.1, 0.15) is 5.52 Å². The Morgan fingerprint density at radius 2 is 1.76 bits per heavy atom. The second-order valence-corrected chi connectivity index (χ2v) is 6.94. The van der Waals surface area contributed by atoms with Crippen LogP contribution < -0.4 is 10.3 Å². The average Bonchev–Trinajstić information content (AvgIpc) is 2.63. The Morgan fingerprint density at radius 1 is 1.04 bits per heavy atom. The largest absolute Gasteiger partial charge is 0.277 e. The van der Waals surface area contributed by atoms with Gasteiger partial charge in [-0.2, -0.15) is 0 Å². The molecule has 7 nitrogen and oxygen atoms in total. The molecule has 1 aromatic heterocycles. The first kappa shape index (κ1) is 17.0. The molecule has 0 aliphatic rings. The molecule has 0 aliphatic carbocycles. The first-order chi connectivity index (χ1) is 12.1. The minimum Gasteiger partial charge on any atom is -0.267 e. The number of fused-ring (bicyclic) bond motifs is 1. The van der Waals surface area contributed by atoms with Crippen molar-refractivity contribution < 1.29 is 8.42 Å². The van der Waals surface area contributed by atoms with Crippen molar-refractivity contribution in [3.63, 3.8) is 0 Å². The molecule has 0 saturated carbocycles. The van der Waals surface area contributed by atoms with Crippen LogP contribution in [0.5, 0.6) is 0 Å². The molecule has 0 amide bonds. The van der Waals surface area contributed by atoms with Crippen LogP contribution in [-0.4, -0.2) is 30.0 Å². The van der Waals surface area contributed by atoms with Gasteiger partial charge in [-0.25, -0.2) is 17.8 Å². The molecule has 1 N–H and O–H groups in total. The molecule has 0 atom stereocenters. The Bertz CT molecular complexity index is 1060. The Hall–Kier alpha value is -2.84. The number of benzene rings is 2. The van der Waals surface area contributed by atoms with E-state index in [2.05, 4.69) is 15.0 Å². The molecule has 0 aliphatic heterocycles. The number of aromatic nitrogens is 3. The predicted molar refractivity (Wildman–Crippen MR) is 96.2 cm³/mol. The topological polar surface area (TPSA) is 93.9 Å². The molecular formula is C17H16N4O3S.